The molecule has 0 saturated carbocycles. The van der Waals surface area contributed by atoms with Crippen molar-refractivity contribution < 1.29 is 0 Å². The van der Waals surface area contributed by atoms with Gasteiger partial charge >= 0.3 is 0 Å². The molecule has 0 aromatic carbocycles. The Hall–Kier alpha value is -0.530. The number of nitrogens with zero attached hydrogens (tertiary/aromatic N) is 1. The molecule has 1 aliphatic heterocycles. The summed E-state index contributed by atoms with van der Waals surface area (Å²) in [5.41, 5.74) is 0. The first-order chi connectivity index (χ1) is 4.75. The van der Waals surface area contributed by atoms with E-state index in [1.54, 1.807) is 0 Å². The van der Waals surface area contributed by atoms with Crippen molar-refractivity contribution in [3.8, 4) is 0 Å². The fourth-order valence-electron chi connectivity index (χ4n) is 1.70. The molecule has 1 N–H and O–H groups in total. The Morgan fingerprint density at radius 3 is 2.80 bits per heavy atom. The van der Waals surface area contributed by atoms with Crippen molar-refractivity contribution in [2.24, 2.45) is 0 Å². The van der Waals surface area contributed by atoms with Gasteiger partial charge in [0.25, 0.3) is 0 Å². The van der Waals surface area contributed by atoms with Gasteiger partial charge in [-0.2, -0.15) is 0 Å². The molecule has 1 heterocycles. The predicted molar refractivity (Wildman–Crippen MR) is 43.4 cm³/mol. The van der Waals surface area contributed by atoms with E-state index in [-0.39, 0.29) is 0 Å². The second-order valence-electron chi connectivity index (χ2n) is 2.98. The molecule has 0 radical (unpaired) electrons. The standard InChI is InChI=1S/C8H16N2/c1-3-8-5-4-6-10(8)7(2)9/h8-9H,3-6H2,1-2H3. The minimum Gasteiger partial charge on any atom is -0.358 e. The Morgan fingerprint density at radius 2 is 2.40 bits per heavy atom. The van der Waals surface area contributed by atoms with E-state index in [4.69, 9.17) is 5.41 Å². The van der Waals surface area contributed by atoms with Crippen LogP contribution in [-0.2, 0) is 0 Å². The zero-order valence-electron chi connectivity index (χ0n) is 6.85. The molecule has 0 amide bonds. The summed E-state index contributed by atoms with van der Waals surface area (Å²) >= 11 is 0. The zero-order chi connectivity index (χ0) is 7.56. The van der Waals surface area contributed by atoms with Gasteiger partial charge < -0.3 is 4.90 Å². The Kier molecular flexibility index (Phi) is 2.30. The van der Waals surface area contributed by atoms with Gasteiger partial charge in [0.1, 0.15) is 0 Å². The lowest BCUT2D eigenvalue weighted by Crippen LogP contribution is -2.32. The van der Waals surface area contributed by atoms with Crippen LogP contribution in [0.1, 0.15) is 33.1 Å². The monoisotopic (exact) mass is 140 g/mol. The Balaban J connectivity index is 2.50. The first-order valence-corrected chi connectivity index (χ1v) is 4.07. The number of hydrogen-bond donors (Lipinski definition) is 1. The van der Waals surface area contributed by atoms with Crippen molar-refractivity contribution >= 4 is 5.84 Å². The maximum Gasteiger partial charge on any atom is 0.0928 e. The van der Waals surface area contributed by atoms with Crippen LogP contribution in [0.2, 0.25) is 0 Å². The summed E-state index contributed by atoms with van der Waals surface area (Å²) in [6.07, 6.45) is 3.75. The fraction of sp³-hybridized carbons (Fsp3) is 0.875. The normalized spacial score (nSPS) is 25.4. The summed E-state index contributed by atoms with van der Waals surface area (Å²) in [5.74, 6) is 0.740. The first-order valence-electron chi connectivity index (χ1n) is 4.07. The molecule has 2 nitrogen and oxygen atoms in total. The highest BCUT2D eigenvalue weighted by molar-refractivity contribution is 5.76. The first kappa shape index (κ1) is 7.58. The minimum atomic E-state index is 0.664. The van der Waals surface area contributed by atoms with Gasteiger partial charge in [-0.3, -0.25) is 5.41 Å². The molecule has 0 bridgehead atoms. The number of hydrogen-bond acceptors (Lipinski definition) is 1. The third-order valence-corrected chi connectivity index (χ3v) is 2.28. The van der Waals surface area contributed by atoms with E-state index in [0.29, 0.717) is 6.04 Å². The summed E-state index contributed by atoms with van der Waals surface area (Å²) in [7, 11) is 0. The zero-order valence-corrected chi connectivity index (χ0v) is 6.85. The van der Waals surface area contributed by atoms with Crippen LogP contribution in [0, 0.1) is 5.41 Å². The summed E-state index contributed by atoms with van der Waals surface area (Å²) < 4.78 is 0. The maximum atomic E-state index is 7.45. The molecule has 58 valence electrons. The van der Waals surface area contributed by atoms with Gasteiger partial charge in [-0.1, -0.05) is 6.92 Å². The van der Waals surface area contributed by atoms with E-state index < -0.39 is 0 Å². The molecular formula is C8H16N2. The topological polar surface area (TPSA) is 27.1 Å². The highest BCUT2D eigenvalue weighted by Gasteiger charge is 2.22. The van der Waals surface area contributed by atoms with Gasteiger partial charge in [-0.15, -0.1) is 0 Å². The summed E-state index contributed by atoms with van der Waals surface area (Å²) in [4.78, 5) is 2.21. The van der Waals surface area contributed by atoms with Gasteiger partial charge in [0.2, 0.25) is 0 Å². The minimum absolute atomic E-state index is 0.664. The number of rotatable bonds is 1. The van der Waals surface area contributed by atoms with E-state index in [9.17, 15) is 0 Å². The molecule has 10 heavy (non-hydrogen) atoms. The van der Waals surface area contributed by atoms with Crippen molar-refractivity contribution in [1.29, 1.82) is 5.41 Å². The molecule has 1 unspecified atom stereocenters. The van der Waals surface area contributed by atoms with Crippen molar-refractivity contribution in [2.45, 2.75) is 39.2 Å². The fourth-order valence-corrected chi connectivity index (χ4v) is 1.70. The summed E-state index contributed by atoms with van der Waals surface area (Å²) in [6, 6.07) is 0.664. The number of nitrogens with one attached hydrogen (secondary N) is 1. The lowest BCUT2D eigenvalue weighted by atomic mass is 10.2. The Bertz CT molecular complexity index is 131. The molecule has 1 fully saturated rings. The molecule has 1 rings (SSSR count). The van der Waals surface area contributed by atoms with Crippen molar-refractivity contribution in [2.75, 3.05) is 6.54 Å². The average Bonchev–Trinajstić information content (AvgIpc) is 2.33. The third-order valence-electron chi connectivity index (χ3n) is 2.28. The second kappa shape index (κ2) is 3.04. The largest absolute Gasteiger partial charge is 0.358 e. The lowest BCUT2D eigenvalue weighted by molar-refractivity contribution is 0.375. The molecule has 0 aromatic rings. The van der Waals surface area contributed by atoms with E-state index in [1.165, 1.54) is 19.3 Å². The molecule has 0 aliphatic carbocycles. The van der Waals surface area contributed by atoms with Crippen LogP contribution in [0.15, 0.2) is 0 Å². The highest BCUT2D eigenvalue weighted by Crippen LogP contribution is 2.19. The van der Waals surface area contributed by atoms with Crippen LogP contribution >= 0.6 is 0 Å². The van der Waals surface area contributed by atoms with Gasteiger partial charge in [0.05, 0.1) is 5.84 Å². The van der Waals surface area contributed by atoms with Crippen molar-refractivity contribution in [3.05, 3.63) is 0 Å². The van der Waals surface area contributed by atoms with Crippen LogP contribution in [0.3, 0.4) is 0 Å². The van der Waals surface area contributed by atoms with E-state index in [0.717, 1.165) is 12.4 Å². The van der Waals surface area contributed by atoms with Crippen molar-refractivity contribution in [3.63, 3.8) is 0 Å². The Labute approximate surface area is 62.7 Å². The van der Waals surface area contributed by atoms with Gasteiger partial charge in [0.15, 0.2) is 0 Å². The lowest BCUT2D eigenvalue weighted by Gasteiger charge is -2.23. The molecule has 1 atom stereocenters. The third kappa shape index (κ3) is 1.31. The SMILES string of the molecule is CCC1CCCN1C(C)=N. The Morgan fingerprint density at radius 1 is 1.70 bits per heavy atom. The van der Waals surface area contributed by atoms with E-state index >= 15 is 0 Å². The molecule has 2 heteroatoms. The van der Waals surface area contributed by atoms with Crippen LogP contribution in [-0.4, -0.2) is 23.3 Å². The molecule has 0 spiro atoms. The van der Waals surface area contributed by atoms with E-state index in [2.05, 4.69) is 11.8 Å². The average molecular weight is 140 g/mol. The van der Waals surface area contributed by atoms with Crippen LogP contribution in [0.5, 0.6) is 0 Å². The summed E-state index contributed by atoms with van der Waals surface area (Å²) in [6.45, 7) is 5.19. The van der Waals surface area contributed by atoms with Crippen molar-refractivity contribution in [1.82, 2.24) is 4.90 Å². The van der Waals surface area contributed by atoms with Crippen LogP contribution in [0.4, 0.5) is 0 Å². The molecular weight excluding hydrogens is 124 g/mol. The molecule has 1 aliphatic rings. The van der Waals surface area contributed by atoms with Crippen LogP contribution < -0.4 is 0 Å². The maximum absolute atomic E-state index is 7.45. The smallest absolute Gasteiger partial charge is 0.0928 e. The quantitative estimate of drug-likeness (QED) is 0.437. The van der Waals surface area contributed by atoms with E-state index in [1.807, 2.05) is 6.92 Å². The van der Waals surface area contributed by atoms with Gasteiger partial charge in [-0.05, 0) is 26.2 Å². The van der Waals surface area contributed by atoms with Gasteiger partial charge in [-0.25, -0.2) is 0 Å². The van der Waals surface area contributed by atoms with Crippen LogP contribution in [0.25, 0.3) is 0 Å². The van der Waals surface area contributed by atoms with Gasteiger partial charge in [0, 0.05) is 12.6 Å². The summed E-state index contributed by atoms with van der Waals surface area (Å²) in [5, 5.41) is 7.45. The number of amidine groups is 1. The predicted octanol–water partition coefficient (Wildman–Crippen LogP) is 1.86. The highest BCUT2D eigenvalue weighted by atomic mass is 15.2. The molecule has 1 saturated heterocycles. The number of likely N-dealkylation sites (tertiary alicyclic amines) is 1. The molecule has 0 aromatic heterocycles. The second-order valence-corrected chi connectivity index (χ2v) is 2.98.